The normalized spacial score (nSPS) is 11.0. The lowest BCUT2D eigenvalue weighted by molar-refractivity contribution is -0.145. The summed E-state index contributed by atoms with van der Waals surface area (Å²) in [6.07, 6.45) is 1.46. The molecule has 0 bridgehead atoms. The molecule has 0 atom stereocenters. The number of ether oxygens (including phenoxy) is 3. The number of esters is 1. The Bertz CT molecular complexity index is 1160. The first-order chi connectivity index (χ1) is 15.4. The average Bonchev–Trinajstić information content (AvgIpc) is 3.18. The molecule has 0 spiro atoms. The van der Waals surface area contributed by atoms with Crippen LogP contribution in [0.25, 0.3) is 11.0 Å². The van der Waals surface area contributed by atoms with Crippen LogP contribution in [0.1, 0.15) is 30.0 Å². The fourth-order valence-electron chi connectivity index (χ4n) is 2.74. The number of hydrogen-bond donors (Lipinski definition) is 1. The third kappa shape index (κ3) is 6.10. The molecule has 10 heteroatoms. The molecule has 0 aliphatic heterocycles. The van der Waals surface area contributed by atoms with Gasteiger partial charge in [0.05, 0.1) is 23.9 Å². The predicted octanol–water partition coefficient (Wildman–Crippen LogP) is 5.06. The first-order valence-electron chi connectivity index (χ1n) is 9.68. The second-order valence-electron chi connectivity index (χ2n) is 6.35. The van der Waals surface area contributed by atoms with E-state index in [2.05, 4.69) is 42.4 Å². The Hall–Kier alpha value is -2.85. The smallest absolute Gasteiger partial charge is 0.344 e. The van der Waals surface area contributed by atoms with Crippen molar-refractivity contribution in [2.45, 2.75) is 13.8 Å². The van der Waals surface area contributed by atoms with Crippen LogP contribution in [0.5, 0.6) is 11.5 Å². The van der Waals surface area contributed by atoms with Gasteiger partial charge in [-0.2, -0.15) is 5.10 Å². The van der Waals surface area contributed by atoms with Crippen molar-refractivity contribution in [2.24, 2.45) is 5.10 Å². The summed E-state index contributed by atoms with van der Waals surface area (Å²) < 4.78 is 23.1. The van der Waals surface area contributed by atoms with Gasteiger partial charge in [0.2, 0.25) is 0 Å². The van der Waals surface area contributed by atoms with Gasteiger partial charge in [0.15, 0.2) is 23.9 Å². The van der Waals surface area contributed by atoms with Gasteiger partial charge in [0, 0.05) is 9.86 Å². The molecule has 3 rings (SSSR count). The molecule has 0 saturated heterocycles. The SMILES string of the molecule is CCOC(=O)COc1ccc(/C=N\NC(=O)c2cc3cc(Br)cc(Br)c3o2)cc1OCC. The third-order valence-corrected chi connectivity index (χ3v) is 5.10. The fourth-order valence-corrected chi connectivity index (χ4v) is 4.08. The highest BCUT2D eigenvalue weighted by Gasteiger charge is 2.14. The van der Waals surface area contributed by atoms with Crippen LogP contribution in [-0.2, 0) is 9.53 Å². The summed E-state index contributed by atoms with van der Waals surface area (Å²) in [6.45, 7) is 4.03. The van der Waals surface area contributed by atoms with Crippen molar-refractivity contribution in [3.8, 4) is 11.5 Å². The number of rotatable bonds is 9. The van der Waals surface area contributed by atoms with Crippen molar-refractivity contribution < 1.29 is 28.2 Å². The number of carbonyl (C=O) groups excluding carboxylic acids is 2. The Morgan fingerprint density at radius 2 is 1.88 bits per heavy atom. The molecule has 0 saturated carbocycles. The van der Waals surface area contributed by atoms with E-state index in [9.17, 15) is 9.59 Å². The Morgan fingerprint density at radius 1 is 1.06 bits per heavy atom. The number of carbonyl (C=O) groups is 2. The molecule has 32 heavy (non-hydrogen) atoms. The Kier molecular flexibility index (Phi) is 8.29. The minimum atomic E-state index is -0.486. The van der Waals surface area contributed by atoms with Gasteiger partial charge in [0.1, 0.15) is 5.58 Å². The molecule has 168 valence electrons. The number of nitrogens with one attached hydrogen (secondary N) is 1. The van der Waals surface area contributed by atoms with Crippen LogP contribution in [0.3, 0.4) is 0 Å². The molecule has 2 aromatic carbocycles. The quantitative estimate of drug-likeness (QED) is 0.220. The lowest BCUT2D eigenvalue weighted by Crippen LogP contribution is -2.16. The summed E-state index contributed by atoms with van der Waals surface area (Å²) in [5, 5.41) is 4.76. The summed E-state index contributed by atoms with van der Waals surface area (Å²) in [5.74, 6) is 0.0294. The number of furan rings is 1. The lowest BCUT2D eigenvalue weighted by atomic mass is 10.2. The van der Waals surface area contributed by atoms with E-state index in [-0.39, 0.29) is 19.0 Å². The molecule has 0 aliphatic rings. The largest absolute Gasteiger partial charge is 0.490 e. The Morgan fingerprint density at radius 3 is 2.62 bits per heavy atom. The maximum atomic E-state index is 12.4. The van der Waals surface area contributed by atoms with Gasteiger partial charge >= 0.3 is 11.9 Å². The number of nitrogens with zero attached hydrogens (tertiary/aromatic N) is 1. The van der Waals surface area contributed by atoms with Crippen molar-refractivity contribution in [3.63, 3.8) is 0 Å². The van der Waals surface area contributed by atoms with Crippen LogP contribution in [-0.4, -0.2) is 37.9 Å². The second-order valence-corrected chi connectivity index (χ2v) is 8.12. The number of fused-ring (bicyclic) bond motifs is 1. The van der Waals surface area contributed by atoms with Gasteiger partial charge in [-0.25, -0.2) is 10.2 Å². The summed E-state index contributed by atoms with van der Waals surface area (Å²) in [6, 6.07) is 10.4. The highest BCUT2D eigenvalue weighted by molar-refractivity contribution is 9.11. The first-order valence-corrected chi connectivity index (χ1v) is 11.3. The molecule has 0 radical (unpaired) electrons. The predicted molar refractivity (Wildman–Crippen MR) is 126 cm³/mol. The molecule has 0 fully saturated rings. The monoisotopic (exact) mass is 566 g/mol. The summed E-state index contributed by atoms with van der Waals surface area (Å²) in [4.78, 5) is 23.9. The van der Waals surface area contributed by atoms with E-state index in [1.165, 1.54) is 6.21 Å². The van der Waals surface area contributed by atoms with E-state index in [4.69, 9.17) is 18.6 Å². The van der Waals surface area contributed by atoms with Gasteiger partial charge in [0.25, 0.3) is 0 Å². The van der Waals surface area contributed by atoms with Crippen molar-refractivity contribution >= 4 is 60.9 Å². The van der Waals surface area contributed by atoms with Crippen LogP contribution in [0.4, 0.5) is 0 Å². The summed E-state index contributed by atoms with van der Waals surface area (Å²) in [7, 11) is 0. The molecule has 0 aliphatic carbocycles. The molecule has 1 amide bonds. The van der Waals surface area contributed by atoms with Gasteiger partial charge in [-0.15, -0.1) is 0 Å². The van der Waals surface area contributed by atoms with Gasteiger partial charge in [-0.3, -0.25) is 4.79 Å². The zero-order valence-electron chi connectivity index (χ0n) is 17.3. The molecule has 1 N–H and O–H groups in total. The van der Waals surface area contributed by atoms with Crippen LogP contribution in [0.2, 0.25) is 0 Å². The van der Waals surface area contributed by atoms with Crippen molar-refractivity contribution in [2.75, 3.05) is 19.8 Å². The van der Waals surface area contributed by atoms with Crippen molar-refractivity contribution in [3.05, 3.63) is 56.7 Å². The zero-order valence-corrected chi connectivity index (χ0v) is 20.5. The van der Waals surface area contributed by atoms with E-state index < -0.39 is 11.9 Å². The van der Waals surface area contributed by atoms with E-state index in [0.717, 1.165) is 14.3 Å². The minimum Gasteiger partial charge on any atom is -0.490 e. The highest BCUT2D eigenvalue weighted by Crippen LogP contribution is 2.31. The maximum Gasteiger partial charge on any atom is 0.344 e. The van der Waals surface area contributed by atoms with E-state index >= 15 is 0 Å². The van der Waals surface area contributed by atoms with Crippen LogP contribution >= 0.6 is 31.9 Å². The number of amides is 1. The van der Waals surface area contributed by atoms with Gasteiger partial charge < -0.3 is 18.6 Å². The third-order valence-electron chi connectivity index (χ3n) is 4.06. The molecule has 8 nitrogen and oxygen atoms in total. The Balaban J connectivity index is 1.67. The van der Waals surface area contributed by atoms with Crippen molar-refractivity contribution in [1.29, 1.82) is 0 Å². The molecule has 1 heterocycles. The van der Waals surface area contributed by atoms with E-state index in [0.29, 0.717) is 29.3 Å². The van der Waals surface area contributed by atoms with Crippen LogP contribution < -0.4 is 14.9 Å². The number of halogens is 2. The van der Waals surface area contributed by atoms with Crippen LogP contribution in [0, 0.1) is 0 Å². The molecular weight excluding hydrogens is 548 g/mol. The van der Waals surface area contributed by atoms with E-state index in [1.54, 1.807) is 31.2 Å². The van der Waals surface area contributed by atoms with E-state index in [1.807, 2.05) is 19.1 Å². The molecule has 0 unspecified atom stereocenters. The van der Waals surface area contributed by atoms with Gasteiger partial charge in [-0.1, -0.05) is 15.9 Å². The Labute approximate surface area is 201 Å². The topological polar surface area (TPSA) is 99.4 Å². The average molecular weight is 568 g/mol. The molecule has 1 aromatic heterocycles. The number of hydrogen-bond acceptors (Lipinski definition) is 7. The number of hydrazone groups is 1. The number of benzene rings is 2. The first kappa shape index (κ1) is 23.8. The van der Waals surface area contributed by atoms with Crippen molar-refractivity contribution in [1.82, 2.24) is 5.43 Å². The highest BCUT2D eigenvalue weighted by atomic mass is 79.9. The standard InChI is InChI=1S/C22H20Br2N2O6/c1-3-29-18-7-13(5-6-17(18)31-12-20(27)30-4-2)11-25-26-22(28)19-9-14-8-15(23)10-16(24)21(14)32-19/h5-11H,3-4,12H2,1-2H3,(H,26,28)/b25-11-. The fraction of sp³-hybridized carbons (Fsp3) is 0.227. The lowest BCUT2D eigenvalue weighted by Gasteiger charge is -2.12. The molecule has 3 aromatic rings. The summed E-state index contributed by atoms with van der Waals surface area (Å²) in [5.41, 5.74) is 3.67. The second kappa shape index (κ2) is 11.1. The zero-order chi connectivity index (χ0) is 23.1. The van der Waals surface area contributed by atoms with Crippen LogP contribution in [0.15, 0.2) is 54.9 Å². The minimum absolute atomic E-state index is 0.133. The maximum absolute atomic E-state index is 12.4. The summed E-state index contributed by atoms with van der Waals surface area (Å²) >= 11 is 6.82. The molecular formula is C22H20Br2N2O6. The van der Waals surface area contributed by atoms with Gasteiger partial charge in [-0.05, 0) is 71.7 Å².